The quantitative estimate of drug-likeness (QED) is 0.835. The number of hydroxylamine groups is 1. The van der Waals surface area contributed by atoms with Crippen molar-refractivity contribution >= 4 is 22.9 Å². The molecular weight excluding hydrogens is 251 g/mol. The summed E-state index contributed by atoms with van der Waals surface area (Å²) < 4.78 is 35.8. The summed E-state index contributed by atoms with van der Waals surface area (Å²) in [6, 6.07) is 3.11. The molecule has 1 aromatic rings. The van der Waals surface area contributed by atoms with Gasteiger partial charge in [-0.3, -0.25) is 4.84 Å². The summed E-state index contributed by atoms with van der Waals surface area (Å²) in [7, 11) is 0. The molecule has 0 saturated carbocycles. The van der Waals surface area contributed by atoms with E-state index in [9.17, 15) is 13.2 Å². The first kappa shape index (κ1) is 12.8. The molecule has 1 atom stereocenters. The Morgan fingerprint density at radius 3 is 2.67 bits per heavy atom. The first-order valence-electron chi connectivity index (χ1n) is 4.08. The minimum absolute atomic E-state index is 0.315. The zero-order valence-electron chi connectivity index (χ0n) is 7.77. The lowest BCUT2D eigenvalue weighted by Crippen LogP contribution is -2.26. The van der Waals surface area contributed by atoms with E-state index in [1.165, 1.54) is 11.3 Å². The smallest absolute Gasteiger partial charge is 0.292 e. The molecule has 1 N–H and O–H groups in total. The van der Waals surface area contributed by atoms with E-state index in [0.717, 1.165) is 4.88 Å². The lowest BCUT2D eigenvalue weighted by atomic mass is 10.3. The van der Waals surface area contributed by atoms with Crippen LogP contribution >= 0.6 is 22.9 Å². The van der Waals surface area contributed by atoms with Crippen LogP contribution in [-0.2, 0) is 4.84 Å². The SMILES string of the molecule is CC(NOCC(F)(F)F)c1ccc(Cl)s1. The van der Waals surface area contributed by atoms with Crippen LogP contribution in [0.25, 0.3) is 0 Å². The maximum Gasteiger partial charge on any atom is 0.413 e. The van der Waals surface area contributed by atoms with Gasteiger partial charge in [-0.25, -0.2) is 0 Å². The maximum atomic E-state index is 11.7. The van der Waals surface area contributed by atoms with E-state index >= 15 is 0 Å². The van der Waals surface area contributed by atoms with Crippen LogP contribution < -0.4 is 5.48 Å². The molecule has 1 heterocycles. The number of thiophene rings is 1. The molecule has 1 unspecified atom stereocenters. The number of hydrogen-bond acceptors (Lipinski definition) is 3. The van der Waals surface area contributed by atoms with E-state index in [2.05, 4.69) is 10.3 Å². The van der Waals surface area contributed by atoms with Gasteiger partial charge in [-0.1, -0.05) is 11.6 Å². The highest BCUT2D eigenvalue weighted by atomic mass is 35.5. The van der Waals surface area contributed by atoms with Crippen LogP contribution in [-0.4, -0.2) is 12.8 Å². The second-order valence-corrected chi connectivity index (χ2v) is 4.63. The fourth-order valence-corrected chi connectivity index (χ4v) is 1.92. The molecule has 86 valence electrons. The van der Waals surface area contributed by atoms with Crippen LogP contribution in [0.5, 0.6) is 0 Å². The average molecular weight is 260 g/mol. The predicted octanol–water partition coefficient (Wildman–Crippen LogP) is 3.55. The van der Waals surface area contributed by atoms with E-state index in [1.54, 1.807) is 19.1 Å². The number of halogens is 4. The molecule has 7 heteroatoms. The van der Waals surface area contributed by atoms with Crippen molar-refractivity contribution in [2.45, 2.75) is 19.1 Å². The Labute approximate surface area is 93.9 Å². The predicted molar refractivity (Wildman–Crippen MR) is 52.9 cm³/mol. The third kappa shape index (κ3) is 4.83. The van der Waals surface area contributed by atoms with Gasteiger partial charge in [0.05, 0.1) is 10.4 Å². The molecule has 0 aliphatic rings. The summed E-state index contributed by atoms with van der Waals surface area (Å²) in [5, 5.41) is 0. The van der Waals surface area contributed by atoms with E-state index in [-0.39, 0.29) is 6.04 Å². The van der Waals surface area contributed by atoms with E-state index in [1.807, 2.05) is 0 Å². The van der Waals surface area contributed by atoms with Crippen molar-refractivity contribution in [3.63, 3.8) is 0 Å². The van der Waals surface area contributed by atoms with Gasteiger partial charge in [0.15, 0.2) is 6.61 Å². The van der Waals surface area contributed by atoms with Gasteiger partial charge in [0.25, 0.3) is 0 Å². The Morgan fingerprint density at radius 2 is 2.20 bits per heavy atom. The van der Waals surface area contributed by atoms with Gasteiger partial charge in [-0.2, -0.15) is 18.7 Å². The molecule has 0 bridgehead atoms. The third-order valence-electron chi connectivity index (χ3n) is 1.52. The third-order valence-corrected chi connectivity index (χ3v) is 2.93. The molecule has 0 aliphatic carbocycles. The van der Waals surface area contributed by atoms with Gasteiger partial charge in [0.2, 0.25) is 0 Å². The normalized spacial score (nSPS) is 14.2. The summed E-state index contributed by atoms with van der Waals surface area (Å²) in [4.78, 5) is 5.13. The lowest BCUT2D eigenvalue weighted by molar-refractivity contribution is -0.192. The van der Waals surface area contributed by atoms with Crippen LogP contribution in [0.4, 0.5) is 13.2 Å². The highest BCUT2D eigenvalue weighted by Gasteiger charge is 2.28. The Bertz CT molecular complexity index is 315. The zero-order chi connectivity index (χ0) is 11.5. The molecule has 0 aromatic carbocycles. The van der Waals surface area contributed by atoms with Crippen molar-refractivity contribution in [2.75, 3.05) is 6.61 Å². The summed E-state index contributed by atoms with van der Waals surface area (Å²) in [5.41, 5.74) is 2.30. The van der Waals surface area contributed by atoms with E-state index in [0.29, 0.717) is 4.34 Å². The molecule has 0 aliphatic heterocycles. The summed E-state index contributed by atoms with van der Waals surface area (Å²) in [6.07, 6.45) is -4.32. The Kier molecular flexibility index (Phi) is 4.39. The first-order valence-corrected chi connectivity index (χ1v) is 5.27. The van der Waals surface area contributed by atoms with Crippen molar-refractivity contribution in [1.29, 1.82) is 0 Å². The van der Waals surface area contributed by atoms with Crippen molar-refractivity contribution in [3.05, 3.63) is 21.3 Å². The topological polar surface area (TPSA) is 21.3 Å². The molecule has 0 spiro atoms. The van der Waals surface area contributed by atoms with Crippen LogP contribution in [0.2, 0.25) is 4.34 Å². The van der Waals surface area contributed by atoms with Crippen LogP contribution in [0.3, 0.4) is 0 Å². The molecule has 0 fully saturated rings. The largest absolute Gasteiger partial charge is 0.413 e. The van der Waals surface area contributed by atoms with E-state index < -0.39 is 12.8 Å². The lowest BCUT2D eigenvalue weighted by Gasteiger charge is -2.13. The molecular formula is C8H9ClF3NOS. The maximum absolute atomic E-state index is 11.7. The molecule has 0 radical (unpaired) electrons. The first-order chi connectivity index (χ1) is 6.88. The van der Waals surface area contributed by atoms with Gasteiger partial charge >= 0.3 is 6.18 Å². The summed E-state index contributed by atoms with van der Waals surface area (Å²) in [5.74, 6) is 0. The van der Waals surface area contributed by atoms with Crippen molar-refractivity contribution < 1.29 is 18.0 Å². The molecule has 15 heavy (non-hydrogen) atoms. The second-order valence-electron chi connectivity index (χ2n) is 2.89. The van der Waals surface area contributed by atoms with Gasteiger partial charge in [0, 0.05) is 4.88 Å². The molecule has 0 amide bonds. The zero-order valence-corrected chi connectivity index (χ0v) is 9.34. The van der Waals surface area contributed by atoms with Gasteiger partial charge < -0.3 is 0 Å². The molecule has 1 aromatic heterocycles. The monoisotopic (exact) mass is 259 g/mol. The standard InChI is InChI=1S/C8H9ClF3NOS/c1-5(6-2-3-7(9)15-6)13-14-4-8(10,11)12/h2-3,5,13H,4H2,1H3. The number of alkyl halides is 3. The molecule has 0 saturated heterocycles. The summed E-state index contributed by atoms with van der Waals surface area (Å²) in [6.45, 7) is 0.384. The second kappa shape index (κ2) is 5.16. The molecule has 2 nitrogen and oxygen atoms in total. The fraction of sp³-hybridized carbons (Fsp3) is 0.500. The number of rotatable bonds is 4. The summed E-state index contributed by atoms with van der Waals surface area (Å²) >= 11 is 6.98. The highest BCUT2D eigenvalue weighted by Crippen LogP contribution is 2.26. The van der Waals surface area contributed by atoms with Gasteiger partial charge in [-0.05, 0) is 19.1 Å². The van der Waals surface area contributed by atoms with Crippen LogP contribution in [0, 0.1) is 0 Å². The minimum Gasteiger partial charge on any atom is -0.292 e. The Balaban J connectivity index is 2.34. The average Bonchev–Trinajstić information content (AvgIpc) is 2.49. The van der Waals surface area contributed by atoms with Crippen molar-refractivity contribution in [1.82, 2.24) is 5.48 Å². The minimum atomic E-state index is -4.32. The van der Waals surface area contributed by atoms with Crippen molar-refractivity contribution in [2.24, 2.45) is 0 Å². The fourth-order valence-electron chi connectivity index (χ4n) is 0.868. The van der Waals surface area contributed by atoms with Crippen LogP contribution in [0.15, 0.2) is 12.1 Å². The Morgan fingerprint density at radius 1 is 1.53 bits per heavy atom. The molecule has 1 rings (SSSR count). The van der Waals surface area contributed by atoms with E-state index in [4.69, 9.17) is 11.6 Å². The van der Waals surface area contributed by atoms with Gasteiger partial charge in [0.1, 0.15) is 0 Å². The number of hydrogen-bond donors (Lipinski definition) is 1. The van der Waals surface area contributed by atoms with Crippen LogP contribution in [0.1, 0.15) is 17.8 Å². The highest BCUT2D eigenvalue weighted by molar-refractivity contribution is 7.16. The van der Waals surface area contributed by atoms with Gasteiger partial charge in [-0.15, -0.1) is 11.3 Å². The Hall–Kier alpha value is -0.300. The van der Waals surface area contributed by atoms with Crippen molar-refractivity contribution in [3.8, 4) is 0 Å². The number of nitrogens with one attached hydrogen (secondary N) is 1.